The molecule has 1 aliphatic heterocycles. The smallest absolute Gasteiger partial charge is 0.254 e. The number of aromatic nitrogens is 4. The zero-order chi connectivity index (χ0) is 18.8. The molecular weight excluding hydrogens is 342 g/mol. The monoisotopic (exact) mass is 365 g/mol. The number of nitrogens with zero attached hydrogens (tertiary/aromatic N) is 6. The van der Waals surface area contributed by atoms with Gasteiger partial charge in [-0.3, -0.25) is 4.79 Å². The van der Waals surface area contributed by atoms with Crippen LogP contribution in [0.3, 0.4) is 0 Å². The molecule has 3 aromatic heterocycles. The molecule has 0 unspecified atom stereocenters. The van der Waals surface area contributed by atoms with Crippen molar-refractivity contribution < 1.29 is 4.79 Å². The van der Waals surface area contributed by atoms with Gasteiger partial charge in [0.2, 0.25) is 0 Å². The summed E-state index contributed by atoms with van der Waals surface area (Å²) in [4.78, 5) is 26.1. The summed E-state index contributed by atoms with van der Waals surface area (Å²) >= 11 is 0. The number of anilines is 1. The number of pyridine rings is 1. The summed E-state index contributed by atoms with van der Waals surface area (Å²) < 4.78 is 1.68. The highest BCUT2D eigenvalue weighted by Crippen LogP contribution is 2.19. The van der Waals surface area contributed by atoms with Gasteiger partial charge < -0.3 is 15.1 Å². The number of likely N-dealkylation sites (N-methyl/N-ethyl adjacent to an activating group) is 1. The summed E-state index contributed by atoms with van der Waals surface area (Å²) in [6.07, 6.45) is 5.08. The molecule has 27 heavy (non-hydrogen) atoms. The van der Waals surface area contributed by atoms with Gasteiger partial charge in [-0.05, 0) is 20.0 Å². The lowest BCUT2D eigenvalue weighted by Crippen LogP contribution is -2.45. The third-order valence-electron chi connectivity index (χ3n) is 5.01. The van der Waals surface area contributed by atoms with Gasteiger partial charge in [-0.1, -0.05) is 6.07 Å². The van der Waals surface area contributed by atoms with Gasteiger partial charge in [0, 0.05) is 56.7 Å². The fraction of sp³-hybridized carbons (Fsp3) is 0.368. The van der Waals surface area contributed by atoms with E-state index in [1.807, 2.05) is 25.1 Å². The molecule has 4 heterocycles. The Hall–Kier alpha value is -3.00. The number of piperazine rings is 1. The van der Waals surface area contributed by atoms with Crippen molar-refractivity contribution in [3.63, 3.8) is 0 Å². The van der Waals surface area contributed by atoms with Crippen LogP contribution in [0, 0.1) is 6.92 Å². The average molecular weight is 365 g/mol. The van der Waals surface area contributed by atoms with Gasteiger partial charge in [-0.25, -0.2) is 14.5 Å². The quantitative estimate of drug-likeness (QED) is 0.746. The maximum absolute atomic E-state index is 12.7. The number of carbonyl (C=O) groups is 1. The lowest BCUT2D eigenvalue weighted by molar-refractivity contribution is 0.0949. The number of amides is 1. The lowest BCUT2D eigenvalue weighted by Gasteiger charge is -2.34. The molecule has 1 saturated heterocycles. The second kappa shape index (κ2) is 7.32. The first kappa shape index (κ1) is 17.4. The van der Waals surface area contributed by atoms with Crippen LogP contribution in [0.1, 0.15) is 21.6 Å². The molecule has 1 fully saturated rings. The van der Waals surface area contributed by atoms with Crippen LogP contribution >= 0.6 is 0 Å². The summed E-state index contributed by atoms with van der Waals surface area (Å²) in [5.41, 5.74) is 3.04. The third kappa shape index (κ3) is 3.48. The number of fused-ring (bicyclic) bond motifs is 1. The number of aryl methyl sites for hydroxylation is 1. The van der Waals surface area contributed by atoms with Gasteiger partial charge in [-0.15, -0.1) is 0 Å². The second-order valence-corrected chi connectivity index (χ2v) is 6.82. The molecule has 4 rings (SSSR count). The molecule has 0 spiro atoms. The molecule has 0 atom stereocenters. The van der Waals surface area contributed by atoms with Crippen LogP contribution in [-0.2, 0) is 6.54 Å². The third-order valence-corrected chi connectivity index (χ3v) is 5.01. The Morgan fingerprint density at radius 1 is 1.15 bits per heavy atom. The minimum absolute atomic E-state index is 0.161. The highest BCUT2D eigenvalue weighted by molar-refractivity contribution is 5.95. The van der Waals surface area contributed by atoms with Crippen molar-refractivity contribution in [2.24, 2.45) is 0 Å². The molecule has 1 amide bonds. The summed E-state index contributed by atoms with van der Waals surface area (Å²) in [6, 6.07) is 5.74. The Labute approximate surface area is 157 Å². The summed E-state index contributed by atoms with van der Waals surface area (Å²) in [5.74, 6) is 0.786. The number of rotatable bonds is 4. The van der Waals surface area contributed by atoms with E-state index in [1.54, 1.807) is 23.1 Å². The molecular formula is C19H23N7O. The minimum Gasteiger partial charge on any atom is -0.354 e. The van der Waals surface area contributed by atoms with Crippen LogP contribution in [0.25, 0.3) is 5.65 Å². The summed E-state index contributed by atoms with van der Waals surface area (Å²) in [5, 5.41) is 7.22. The highest BCUT2D eigenvalue weighted by Gasteiger charge is 2.19. The predicted molar refractivity (Wildman–Crippen MR) is 103 cm³/mol. The molecule has 0 aromatic carbocycles. The first-order valence-electron chi connectivity index (χ1n) is 9.08. The minimum atomic E-state index is -0.161. The first-order valence-corrected chi connectivity index (χ1v) is 9.08. The number of hydrogen-bond donors (Lipinski definition) is 1. The first-order chi connectivity index (χ1) is 13.1. The zero-order valence-corrected chi connectivity index (χ0v) is 15.6. The lowest BCUT2D eigenvalue weighted by atomic mass is 10.2. The molecule has 0 bridgehead atoms. The SMILES string of the molecule is Cc1c(C(=O)NCc2cccnc2N2CCN(C)CC2)cnc2ccnn12. The molecule has 1 aliphatic rings. The van der Waals surface area contributed by atoms with E-state index in [-0.39, 0.29) is 5.91 Å². The van der Waals surface area contributed by atoms with Gasteiger partial charge >= 0.3 is 0 Å². The van der Waals surface area contributed by atoms with E-state index in [9.17, 15) is 4.79 Å². The molecule has 0 radical (unpaired) electrons. The molecule has 0 saturated carbocycles. The average Bonchev–Trinajstić information content (AvgIpc) is 3.17. The second-order valence-electron chi connectivity index (χ2n) is 6.82. The van der Waals surface area contributed by atoms with Crippen molar-refractivity contribution >= 4 is 17.4 Å². The van der Waals surface area contributed by atoms with E-state index in [2.05, 4.69) is 37.2 Å². The maximum atomic E-state index is 12.7. The van der Waals surface area contributed by atoms with Crippen LogP contribution in [0.15, 0.2) is 36.8 Å². The van der Waals surface area contributed by atoms with Crippen molar-refractivity contribution in [3.8, 4) is 0 Å². The normalized spacial score (nSPS) is 15.3. The Kier molecular flexibility index (Phi) is 4.72. The fourth-order valence-electron chi connectivity index (χ4n) is 3.36. The Morgan fingerprint density at radius 2 is 1.96 bits per heavy atom. The number of carbonyl (C=O) groups excluding carboxylic acids is 1. The van der Waals surface area contributed by atoms with E-state index in [0.29, 0.717) is 12.1 Å². The standard InChI is InChI=1S/C19H23N7O/c1-14-16(13-21-17-5-7-23-26(14)17)19(27)22-12-15-4-3-6-20-18(15)25-10-8-24(2)9-11-25/h3-7,13H,8-12H2,1-2H3,(H,22,27). The largest absolute Gasteiger partial charge is 0.354 e. The molecule has 8 heteroatoms. The van der Waals surface area contributed by atoms with Crippen LogP contribution in [0.4, 0.5) is 5.82 Å². The van der Waals surface area contributed by atoms with Crippen LogP contribution < -0.4 is 10.2 Å². The predicted octanol–water partition coefficient (Wildman–Crippen LogP) is 1.11. The van der Waals surface area contributed by atoms with Crippen molar-refractivity contribution in [2.75, 3.05) is 38.1 Å². The van der Waals surface area contributed by atoms with Crippen LogP contribution in [0.2, 0.25) is 0 Å². The van der Waals surface area contributed by atoms with E-state index in [4.69, 9.17) is 0 Å². The summed E-state index contributed by atoms with van der Waals surface area (Å²) in [7, 11) is 2.13. The van der Waals surface area contributed by atoms with Gasteiger partial charge in [-0.2, -0.15) is 5.10 Å². The Balaban J connectivity index is 1.50. The number of nitrogens with one attached hydrogen (secondary N) is 1. The van der Waals surface area contributed by atoms with Crippen LogP contribution in [-0.4, -0.2) is 63.6 Å². The topological polar surface area (TPSA) is 78.7 Å². The summed E-state index contributed by atoms with van der Waals surface area (Å²) in [6.45, 7) is 6.19. The van der Waals surface area contributed by atoms with E-state index in [1.165, 1.54) is 0 Å². The van der Waals surface area contributed by atoms with E-state index in [0.717, 1.165) is 48.9 Å². The Morgan fingerprint density at radius 3 is 2.78 bits per heavy atom. The van der Waals surface area contributed by atoms with Gasteiger partial charge in [0.1, 0.15) is 5.82 Å². The molecule has 3 aromatic rings. The van der Waals surface area contributed by atoms with Crippen molar-refractivity contribution in [3.05, 3.63) is 53.6 Å². The van der Waals surface area contributed by atoms with Crippen molar-refractivity contribution in [1.29, 1.82) is 0 Å². The zero-order valence-electron chi connectivity index (χ0n) is 15.6. The van der Waals surface area contributed by atoms with Gasteiger partial charge in [0.15, 0.2) is 5.65 Å². The van der Waals surface area contributed by atoms with Gasteiger partial charge in [0.25, 0.3) is 5.91 Å². The van der Waals surface area contributed by atoms with E-state index >= 15 is 0 Å². The van der Waals surface area contributed by atoms with Crippen molar-refractivity contribution in [2.45, 2.75) is 13.5 Å². The highest BCUT2D eigenvalue weighted by atomic mass is 16.1. The maximum Gasteiger partial charge on any atom is 0.254 e. The molecule has 0 aliphatic carbocycles. The Bertz CT molecular complexity index is 960. The molecule has 8 nitrogen and oxygen atoms in total. The van der Waals surface area contributed by atoms with E-state index < -0.39 is 0 Å². The fourth-order valence-corrected chi connectivity index (χ4v) is 3.36. The van der Waals surface area contributed by atoms with Crippen molar-refractivity contribution in [1.82, 2.24) is 29.8 Å². The molecule has 140 valence electrons. The number of hydrogen-bond acceptors (Lipinski definition) is 6. The van der Waals surface area contributed by atoms with Crippen LogP contribution in [0.5, 0.6) is 0 Å². The van der Waals surface area contributed by atoms with Gasteiger partial charge in [0.05, 0.1) is 17.5 Å². The molecule has 1 N–H and O–H groups in total.